The molecule has 0 aliphatic carbocycles. The summed E-state index contributed by atoms with van der Waals surface area (Å²) < 4.78 is 5.04. The van der Waals surface area contributed by atoms with E-state index in [0.717, 1.165) is 5.06 Å². The van der Waals surface area contributed by atoms with Crippen LogP contribution in [0.2, 0.25) is 0 Å². The molecule has 4 heteroatoms. The SMILES string of the molecule is COc1ccccc1C(=N)N(C)O. The summed E-state index contributed by atoms with van der Waals surface area (Å²) in [6.45, 7) is 0. The van der Waals surface area contributed by atoms with Gasteiger partial charge in [-0.15, -0.1) is 0 Å². The smallest absolute Gasteiger partial charge is 0.155 e. The Morgan fingerprint density at radius 2 is 2.08 bits per heavy atom. The zero-order chi connectivity index (χ0) is 9.84. The lowest BCUT2D eigenvalue weighted by atomic mass is 10.2. The van der Waals surface area contributed by atoms with E-state index in [1.165, 1.54) is 14.2 Å². The third-order valence-corrected chi connectivity index (χ3v) is 1.69. The summed E-state index contributed by atoms with van der Waals surface area (Å²) >= 11 is 0. The van der Waals surface area contributed by atoms with Crippen molar-refractivity contribution in [2.24, 2.45) is 0 Å². The molecule has 0 spiro atoms. The van der Waals surface area contributed by atoms with E-state index < -0.39 is 0 Å². The summed E-state index contributed by atoms with van der Waals surface area (Å²) in [5.41, 5.74) is 0.565. The van der Waals surface area contributed by atoms with Crippen LogP contribution in [-0.2, 0) is 0 Å². The van der Waals surface area contributed by atoms with Gasteiger partial charge in [0.25, 0.3) is 0 Å². The Kier molecular flexibility index (Phi) is 2.87. The second-order valence-electron chi connectivity index (χ2n) is 2.57. The molecule has 0 aliphatic rings. The van der Waals surface area contributed by atoms with Crippen LogP contribution >= 0.6 is 0 Å². The summed E-state index contributed by atoms with van der Waals surface area (Å²) in [5.74, 6) is 0.589. The van der Waals surface area contributed by atoms with Crippen LogP contribution in [0, 0.1) is 5.41 Å². The average Bonchev–Trinajstić information content (AvgIpc) is 2.16. The average molecular weight is 180 g/mol. The van der Waals surface area contributed by atoms with Crippen molar-refractivity contribution < 1.29 is 9.94 Å². The first-order valence-corrected chi connectivity index (χ1v) is 3.81. The predicted octanol–water partition coefficient (Wildman–Crippen LogP) is 1.34. The van der Waals surface area contributed by atoms with E-state index in [1.807, 2.05) is 6.07 Å². The number of hydroxylamine groups is 2. The molecule has 0 aliphatic heterocycles. The molecule has 0 fully saturated rings. The molecule has 0 amide bonds. The topological polar surface area (TPSA) is 56.5 Å². The fourth-order valence-corrected chi connectivity index (χ4v) is 1.01. The lowest BCUT2D eigenvalue weighted by Crippen LogP contribution is -2.22. The van der Waals surface area contributed by atoms with Gasteiger partial charge in [-0.3, -0.25) is 10.6 Å². The maximum absolute atomic E-state index is 9.05. The van der Waals surface area contributed by atoms with Crippen molar-refractivity contribution in [3.05, 3.63) is 29.8 Å². The summed E-state index contributed by atoms with van der Waals surface area (Å²) in [6.07, 6.45) is 0. The largest absolute Gasteiger partial charge is 0.496 e. The van der Waals surface area contributed by atoms with Gasteiger partial charge in [0.05, 0.1) is 12.7 Å². The van der Waals surface area contributed by atoms with Crippen LogP contribution in [0.1, 0.15) is 5.56 Å². The molecule has 0 radical (unpaired) electrons. The standard InChI is InChI=1S/C9H12N2O2/c1-11(12)9(10)7-5-3-4-6-8(7)13-2/h3-6,10,12H,1-2H3. The van der Waals surface area contributed by atoms with Crippen molar-refractivity contribution in [1.82, 2.24) is 5.06 Å². The molecule has 0 unspecified atom stereocenters. The van der Waals surface area contributed by atoms with E-state index in [0.29, 0.717) is 11.3 Å². The molecule has 0 saturated heterocycles. The fraction of sp³-hybridized carbons (Fsp3) is 0.222. The molecule has 0 aromatic heterocycles. The molecule has 1 aromatic carbocycles. The maximum Gasteiger partial charge on any atom is 0.155 e. The highest BCUT2D eigenvalue weighted by Crippen LogP contribution is 2.17. The van der Waals surface area contributed by atoms with Gasteiger partial charge in [-0.2, -0.15) is 0 Å². The molecule has 0 atom stereocenters. The van der Waals surface area contributed by atoms with Crippen molar-refractivity contribution in [2.75, 3.05) is 14.2 Å². The van der Waals surface area contributed by atoms with Gasteiger partial charge in [-0.1, -0.05) is 12.1 Å². The number of nitrogens with one attached hydrogen (secondary N) is 1. The van der Waals surface area contributed by atoms with Gasteiger partial charge in [0, 0.05) is 7.05 Å². The van der Waals surface area contributed by atoms with Crippen LogP contribution in [-0.4, -0.2) is 30.3 Å². The van der Waals surface area contributed by atoms with Crippen molar-refractivity contribution in [2.45, 2.75) is 0 Å². The second-order valence-corrected chi connectivity index (χ2v) is 2.57. The summed E-state index contributed by atoms with van der Waals surface area (Å²) in [6, 6.07) is 7.06. The van der Waals surface area contributed by atoms with Crippen LogP contribution in [0.5, 0.6) is 5.75 Å². The van der Waals surface area contributed by atoms with Gasteiger partial charge in [-0.05, 0) is 12.1 Å². The third-order valence-electron chi connectivity index (χ3n) is 1.69. The van der Waals surface area contributed by atoms with Crippen LogP contribution in [0.15, 0.2) is 24.3 Å². The number of hydrogen-bond donors (Lipinski definition) is 2. The number of methoxy groups -OCH3 is 1. The van der Waals surface area contributed by atoms with Gasteiger partial charge in [-0.25, -0.2) is 5.06 Å². The van der Waals surface area contributed by atoms with E-state index in [-0.39, 0.29) is 5.84 Å². The van der Waals surface area contributed by atoms with Crippen molar-refractivity contribution in [1.29, 1.82) is 5.41 Å². The number of amidine groups is 1. The third kappa shape index (κ3) is 1.97. The number of para-hydroxylation sites is 1. The minimum Gasteiger partial charge on any atom is -0.496 e. The van der Waals surface area contributed by atoms with Gasteiger partial charge in [0.15, 0.2) is 5.84 Å². The Morgan fingerprint density at radius 1 is 1.46 bits per heavy atom. The first kappa shape index (κ1) is 9.54. The van der Waals surface area contributed by atoms with Gasteiger partial charge < -0.3 is 4.74 Å². The zero-order valence-electron chi connectivity index (χ0n) is 7.61. The minimum atomic E-state index is 0.0115. The highest BCUT2D eigenvalue weighted by Gasteiger charge is 2.09. The van der Waals surface area contributed by atoms with Crippen molar-refractivity contribution in [3.63, 3.8) is 0 Å². The Bertz CT molecular complexity index is 310. The Hall–Kier alpha value is -1.55. The zero-order valence-corrected chi connectivity index (χ0v) is 7.61. The number of ether oxygens (including phenoxy) is 1. The van der Waals surface area contributed by atoms with Gasteiger partial charge in [0.2, 0.25) is 0 Å². The lowest BCUT2D eigenvalue weighted by Gasteiger charge is -2.14. The van der Waals surface area contributed by atoms with Crippen molar-refractivity contribution in [3.8, 4) is 5.75 Å². The molecular formula is C9H12N2O2. The van der Waals surface area contributed by atoms with E-state index in [1.54, 1.807) is 18.2 Å². The fourth-order valence-electron chi connectivity index (χ4n) is 1.01. The summed E-state index contributed by atoms with van der Waals surface area (Å²) in [7, 11) is 2.93. The Balaban J connectivity index is 3.06. The van der Waals surface area contributed by atoms with Gasteiger partial charge >= 0.3 is 0 Å². The van der Waals surface area contributed by atoms with E-state index in [2.05, 4.69) is 0 Å². The first-order valence-electron chi connectivity index (χ1n) is 3.81. The van der Waals surface area contributed by atoms with Crippen LogP contribution in [0.25, 0.3) is 0 Å². The van der Waals surface area contributed by atoms with E-state index in [4.69, 9.17) is 15.4 Å². The molecular weight excluding hydrogens is 168 g/mol. The molecule has 0 heterocycles. The first-order chi connectivity index (χ1) is 6.16. The van der Waals surface area contributed by atoms with Crippen LogP contribution in [0.4, 0.5) is 0 Å². The molecule has 4 nitrogen and oxygen atoms in total. The predicted molar refractivity (Wildman–Crippen MR) is 49.4 cm³/mol. The van der Waals surface area contributed by atoms with Crippen molar-refractivity contribution >= 4 is 5.84 Å². The monoisotopic (exact) mass is 180 g/mol. The van der Waals surface area contributed by atoms with Crippen LogP contribution < -0.4 is 4.74 Å². The molecule has 1 aromatic rings. The number of hydrogen-bond acceptors (Lipinski definition) is 3. The van der Waals surface area contributed by atoms with Gasteiger partial charge in [0.1, 0.15) is 5.75 Å². The normalized spacial score (nSPS) is 9.46. The summed E-state index contributed by atoms with van der Waals surface area (Å²) in [4.78, 5) is 0. The number of benzene rings is 1. The highest BCUT2D eigenvalue weighted by molar-refractivity contribution is 5.97. The Morgan fingerprint density at radius 3 is 2.62 bits per heavy atom. The number of rotatable bonds is 2. The number of nitrogens with zero attached hydrogens (tertiary/aromatic N) is 1. The molecule has 70 valence electrons. The Labute approximate surface area is 76.8 Å². The molecule has 13 heavy (non-hydrogen) atoms. The van der Waals surface area contributed by atoms with E-state index in [9.17, 15) is 0 Å². The molecule has 0 saturated carbocycles. The molecule has 2 N–H and O–H groups in total. The highest BCUT2D eigenvalue weighted by atomic mass is 16.5. The minimum absolute atomic E-state index is 0.0115. The quantitative estimate of drug-likeness (QED) is 0.410. The van der Waals surface area contributed by atoms with Crippen LogP contribution in [0.3, 0.4) is 0 Å². The van der Waals surface area contributed by atoms with E-state index >= 15 is 0 Å². The summed E-state index contributed by atoms with van der Waals surface area (Å²) in [5, 5.41) is 17.3. The second kappa shape index (κ2) is 3.91. The maximum atomic E-state index is 9.05. The molecule has 0 bridgehead atoms. The lowest BCUT2D eigenvalue weighted by molar-refractivity contribution is 0.0132. The molecule has 1 rings (SSSR count).